The van der Waals surface area contributed by atoms with Gasteiger partial charge in [0.05, 0.1) is 0 Å². The molecule has 1 N–H and O–H groups in total. The Kier molecular flexibility index (Phi) is 3.61. The van der Waals surface area contributed by atoms with Crippen molar-refractivity contribution in [3.63, 3.8) is 0 Å². The summed E-state index contributed by atoms with van der Waals surface area (Å²) >= 11 is 3.03. The fourth-order valence-corrected chi connectivity index (χ4v) is 3.43. The summed E-state index contributed by atoms with van der Waals surface area (Å²) < 4.78 is 1.75. The fraction of sp³-hybridized carbons (Fsp3) is 0.267. The van der Waals surface area contributed by atoms with Gasteiger partial charge in [-0.2, -0.15) is 21.0 Å². The normalized spacial score (nSPS) is 12.1. The largest absolute Gasteiger partial charge is 0.262 e. The third-order valence-corrected chi connectivity index (χ3v) is 4.86. The van der Waals surface area contributed by atoms with Crippen LogP contribution < -0.4 is 0 Å². The van der Waals surface area contributed by atoms with Gasteiger partial charge in [0.2, 0.25) is 5.16 Å². The van der Waals surface area contributed by atoms with E-state index in [-0.39, 0.29) is 5.41 Å². The smallest absolute Gasteiger partial charge is 0.214 e. The lowest BCUT2D eigenvalue weighted by Crippen LogP contribution is -2.13. The van der Waals surface area contributed by atoms with Crippen molar-refractivity contribution in [1.82, 2.24) is 35.0 Å². The molecule has 0 aromatic carbocycles. The molecule has 0 bridgehead atoms. The second kappa shape index (κ2) is 5.67. The molecule has 24 heavy (non-hydrogen) atoms. The van der Waals surface area contributed by atoms with Gasteiger partial charge in [0.15, 0.2) is 11.5 Å². The highest BCUT2D eigenvalue weighted by Gasteiger charge is 2.19. The minimum atomic E-state index is -0.0659. The lowest BCUT2D eigenvalue weighted by atomic mass is 9.96. The van der Waals surface area contributed by atoms with Crippen molar-refractivity contribution in [3.8, 4) is 11.4 Å². The number of aromatic amines is 1. The van der Waals surface area contributed by atoms with Crippen LogP contribution in [0.25, 0.3) is 17.0 Å². The Morgan fingerprint density at radius 2 is 2.04 bits per heavy atom. The van der Waals surface area contributed by atoms with E-state index >= 15 is 0 Å². The maximum Gasteiger partial charge on any atom is 0.214 e. The first-order chi connectivity index (χ1) is 11.5. The summed E-state index contributed by atoms with van der Waals surface area (Å²) in [6, 6.07) is 5.81. The zero-order chi connectivity index (χ0) is 16.7. The molecule has 0 spiro atoms. The van der Waals surface area contributed by atoms with E-state index in [1.54, 1.807) is 15.9 Å². The lowest BCUT2D eigenvalue weighted by Gasteiger charge is -2.12. The molecule has 0 radical (unpaired) electrons. The molecule has 0 saturated carbocycles. The topological polar surface area (TPSA) is 84.7 Å². The van der Waals surface area contributed by atoms with Crippen molar-refractivity contribution in [2.75, 3.05) is 0 Å². The van der Waals surface area contributed by atoms with Crippen LogP contribution in [0.1, 0.15) is 26.6 Å². The van der Waals surface area contributed by atoms with Crippen molar-refractivity contribution < 1.29 is 0 Å². The van der Waals surface area contributed by atoms with Crippen molar-refractivity contribution in [1.29, 1.82) is 0 Å². The summed E-state index contributed by atoms with van der Waals surface area (Å²) in [5.41, 5.74) is 1.66. The van der Waals surface area contributed by atoms with Gasteiger partial charge >= 0.3 is 0 Å². The van der Waals surface area contributed by atoms with Gasteiger partial charge in [-0.15, -0.1) is 15.3 Å². The highest BCUT2D eigenvalue weighted by Crippen LogP contribution is 2.27. The molecular formula is C15H15N7S2. The third-order valence-electron chi connectivity index (χ3n) is 3.39. The maximum absolute atomic E-state index is 4.62. The van der Waals surface area contributed by atoms with Gasteiger partial charge in [-0.25, -0.2) is 4.98 Å². The Balaban J connectivity index is 1.68. The number of hydrogen-bond acceptors (Lipinski definition) is 7. The lowest BCUT2D eigenvalue weighted by molar-refractivity contribution is 0.547. The van der Waals surface area contributed by atoms with E-state index in [1.807, 2.05) is 29.0 Å². The van der Waals surface area contributed by atoms with Crippen LogP contribution in [0.5, 0.6) is 0 Å². The minimum absolute atomic E-state index is 0.0659. The standard InChI is InChI=1S/C15H15N7S2/c1-15(2,3)13-16-14(20-19-13)24-11-5-4-10-17-18-12(22(10)21-11)9-6-7-23-8-9/h4-8H,1-3H3,(H,16,19,20). The Bertz CT molecular complexity index is 979. The van der Waals surface area contributed by atoms with Crippen molar-refractivity contribution in [2.24, 2.45) is 0 Å². The van der Waals surface area contributed by atoms with Gasteiger partial charge in [-0.3, -0.25) is 5.10 Å². The zero-order valence-corrected chi connectivity index (χ0v) is 15.0. The number of fused-ring (bicyclic) bond motifs is 1. The van der Waals surface area contributed by atoms with Gasteiger partial charge in [0, 0.05) is 16.4 Å². The van der Waals surface area contributed by atoms with Crippen LogP contribution >= 0.6 is 23.1 Å². The van der Waals surface area contributed by atoms with Gasteiger partial charge < -0.3 is 0 Å². The third kappa shape index (κ3) is 2.80. The summed E-state index contributed by atoms with van der Waals surface area (Å²) in [5, 5.41) is 25.8. The number of aromatic nitrogens is 7. The van der Waals surface area contributed by atoms with Crippen LogP contribution in [-0.4, -0.2) is 35.0 Å². The van der Waals surface area contributed by atoms with Crippen molar-refractivity contribution in [2.45, 2.75) is 36.4 Å². The number of rotatable bonds is 3. The Labute approximate surface area is 146 Å². The first-order valence-corrected chi connectivity index (χ1v) is 9.12. The summed E-state index contributed by atoms with van der Waals surface area (Å²) in [6.07, 6.45) is 0. The number of H-pyrrole nitrogens is 1. The molecule has 0 aliphatic carbocycles. The maximum atomic E-state index is 4.62. The van der Waals surface area contributed by atoms with E-state index < -0.39 is 0 Å². The molecule has 4 heterocycles. The van der Waals surface area contributed by atoms with Crippen LogP contribution in [-0.2, 0) is 5.41 Å². The first-order valence-electron chi connectivity index (χ1n) is 7.36. The predicted molar refractivity (Wildman–Crippen MR) is 93.3 cm³/mol. The van der Waals surface area contributed by atoms with Crippen molar-refractivity contribution in [3.05, 3.63) is 34.8 Å². The highest BCUT2D eigenvalue weighted by molar-refractivity contribution is 7.99. The molecule has 0 saturated heterocycles. The summed E-state index contributed by atoms with van der Waals surface area (Å²) in [6.45, 7) is 6.28. The number of nitrogens with one attached hydrogen (secondary N) is 1. The van der Waals surface area contributed by atoms with Gasteiger partial charge in [0.1, 0.15) is 10.9 Å². The monoisotopic (exact) mass is 357 g/mol. The molecule has 4 aromatic rings. The van der Waals surface area contributed by atoms with Gasteiger partial charge in [0.25, 0.3) is 0 Å². The molecule has 4 rings (SSSR count). The molecule has 0 atom stereocenters. The Hall–Kier alpha value is -2.26. The van der Waals surface area contributed by atoms with Gasteiger partial charge in [-0.05, 0) is 35.3 Å². The second-order valence-electron chi connectivity index (χ2n) is 6.30. The summed E-state index contributed by atoms with van der Waals surface area (Å²) in [4.78, 5) is 4.53. The molecule has 0 amide bonds. The average molecular weight is 357 g/mol. The average Bonchev–Trinajstić information content (AvgIpc) is 3.26. The van der Waals surface area contributed by atoms with E-state index in [0.717, 1.165) is 22.2 Å². The molecule has 4 aromatic heterocycles. The van der Waals surface area contributed by atoms with E-state index in [1.165, 1.54) is 11.8 Å². The molecule has 0 unspecified atom stereocenters. The Morgan fingerprint density at radius 3 is 2.75 bits per heavy atom. The zero-order valence-electron chi connectivity index (χ0n) is 13.4. The molecule has 9 heteroatoms. The molecule has 7 nitrogen and oxygen atoms in total. The SMILES string of the molecule is CC(C)(C)c1nc(Sc2ccc3nnc(-c4ccsc4)n3n2)n[nH]1. The van der Waals surface area contributed by atoms with Crippen molar-refractivity contribution >= 4 is 28.7 Å². The highest BCUT2D eigenvalue weighted by atomic mass is 32.2. The van der Waals surface area contributed by atoms with Crippen LogP contribution in [0.15, 0.2) is 39.1 Å². The number of hydrogen-bond donors (Lipinski definition) is 1. The molecule has 0 fully saturated rings. The number of thiophene rings is 1. The van der Waals surface area contributed by atoms with Gasteiger partial charge in [-0.1, -0.05) is 20.8 Å². The number of nitrogens with zero attached hydrogens (tertiary/aromatic N) is 6. The van der Waals surface area contributed by atoms with E-state index in [0.29, 0.717) is 10.8 Å². The summed E-state index contributed by atoms with van der Waals surface area (Å²) in [5.74, 6) is 1.59. The quantitative estimate of drug-likeness (QED) is 0.605. The first kappa shape index (κ1) is 15.3. The van der Waals surface area contributed by atoms with E-state index in [4.69, 9.17) is 0 Å². The van der Waals surface area contributed by atoms with Crippen LogP contribution in [0.2, 0.25) is 0 Å². The second-order valence-corrected chi connectivity index (χ2v) is 8.06. The molecule has 0 aliphatic rings. The molecule has 0 aliphatic heterocycles. The minimum Gasteiger partial charge on any atom is -0.262 e. The molecular weight excluding hydrogens is 342 g/mol. The fourth-order valence-electron chi connectivity index (χ4n) is 2.12. The van der Waals surface area contributed by atoms with E-state index in [2.05, 4.69) is 51.2 Å². The van der Waals surface area contributed by atoms with Crippen LogP contribution in [0.4, 0.5) is 0 Å². The summed E-state index contributed by atoms with van der Waals surface area (Å²) in [7, 11) is 0. The Morgan fingerprint density at radius 1 is 1.17 bits per heavy atom. The van der Waals surface area contributed by atoms with E-state index in [9.17, 15) is 0 Å². The van der Waals surface area contributed by atoms with Crippen LogP contribution in [0, 0.1) is 0 Å². The van der Waals surface area contributed by atoms with Crippen LogP contribution in [0.3, 0.4) is 0 Å². The predicted octanol–water partition coefficient (Wildman–Crippen LogP) is 3.42. The molecule has 122 valence electrons.